The van der Waals surface area contributed by atoms with E-state index >= 15 is 0 Å². The Labute approximate surface area is 154 Å². The van der Waals surface area contributed by atoms with Gasteiger partial charge in [0.2, 0.25) is 10.0 Å². The average Bonchev–Trinajstić information content (AvgIpc) is 2.84. The zero-order chi connectivity index (χ0) is 19.6. The number of hydrogen-bond acceptors (Lipinski definition) is 7. The third-order valence-electron chi connectivity index (χ3n) is 4.27. The number of amides is 2. The summed E-state index contributed by atoms with van der Waals surface area (Å²) in [5.41, 5.74) is 2.28. The Bertz CT molecular complexity index is 593. The van der Waals surface area contributed by atoms with Crippen molar-refractivity contribution in [3.63, 3.8) is 0 Å². The molecule has 1 aliphatic heterocycles. The molecule has 0 aromatic heterocycles. The molecule has 1 unspecified atom stereocenters. The maximum Gasteiger partial charge on any atom is 0.264 e. The molecule has 1 rings (SSSR count). The van der Waals surface area contributed by atoms with Gasteiger partial charge in [0, 0.05) is 6.42 Å². The summed E-state index contributed by atoms with van der Waals surface area (Å²) >= 11 is 0. The lowest BCUT2D eigenvalue weighted by molar-refractivity contribution is -0.172. The van der Waals surface area contributed by atoms with Crippen LogP contribution in [0.15, 0.2) is 0 Å². The monoisotopic (exact) mass is 391 g/mol. The molecule has 26 heavy (non-hydrogen) atoms. The second-order valence-electron chi connectivity index (χ2n) is 6.52. The van der Waals surface area contributed by atoms with E-state index in [1.807, 2.05) is 0 Å². The molecule has 0 saturated carbocycles. The number of rotatable bonds is 14. The number of ketones is 1. The Balaban J connectivity index is 2.16. The van der Waals surface area contributed by atoms with Crippen LogP contribution < -0.4 is 10.3 Å². The Morgan fingerprint density at radius 3 is 2.23 bits per heavy atom. The van der Waals surface area contributed by atoms with Crippen LogP contribution in [0.5, 0.6) is 0 Å². The Kier molecular flexibility index (Phi) is 9.92. The second kappa shape index (κ2) is 11.4. The van der Waals surface area contributed by atoms with Crippen molar-refractivity contribution in [2.45, 2.75) is 64.7 Å². The molecular weight excluding hydrogens is 362 g/mol. The quantitative estimate of drug-likeness (QED) is 0.132. The van der Waals surface area contributed by atoms with Gasteiger partial charge in [0.05, 0.1) is 12.3 Å². The van der Waals surface area contributed by atoms with E-state index in [2.05, 4.69) is 17.2 Å². The highest BCUT2D eigenvalue weighted by atomic mass is 32.2. The van der Waals surface area contributed by atoms with E-state index in [9.17, 15) is 22.8 Å². The fourth-order valence-electron chi connectivity index (χ4n) is 2.70. The van der Waals surface area contributed by atoms with Gasteiger partial charge in [-0.3, -0.25) is 19.6 Å². The zero-order valence-electron chi connectivity index (χ0n) is 15.2. The van der Waals surface area contributed by atoms with Gasteiger partial charge < -0.3 is 0 Å². The smallest absolute Gasteiger partial charge is 0.264 e. The van der Waals surface area contributed by atoms with Crippen LogP contribution in [-0.2, 0) is 24.4 Å². The van der Waals surface area contributed by atoms with Crippen LogP contribution in [-0.4, -0.2) is 48.6 Å². The molecule has 0 aromatic rings. The van der Waals surface area contributed by atoms with E-state index in [1.54, 1.807) is 0 Å². The number of sulfonamides is 1. The maximum atomic E-state index is 11.8. The van der Waals surface area contributed by atoms with E-state index in [-0.39, 0.29) is 10.8 Å². The van der Waals surface area contributed by atoms with E-state index < -0.39 is 46.5 Å². The fourth-order valence-corrected chi connectivity index (χ4v) is 3.68. The van der Waals surface area contributed by atoms with E-state index in [0.29, 0.717) is 6.42 Å². The van der Waals surface area contributed by atoms with Crippen molar-refractivity contribution in [1.82, 2.24) is 15.3 Å². The third-order valence-corrected chi connectivity index (χ3v) is 5.55. The van der Waals surface area contributed by atoms with Gasteiger partial charge in [0.25, 0.3) is 11.8 Å². The molecule has 1 fully saturated rings. The van der Waals surface area contributed by atoms with Gasteiger partial charge in [0.1, 0.15) is 5.92 Å². The lowest BCUT2D eigenvalue weighted by Crippen LogP contribution is -2.43. The number of nitrogens with zero attached hydrogens (tertiary/aromatic N) is 1. The summed E-state index contributed by atoms with van der Waals surface area (Å²) in [6.45, 7) is 1.72. The Morgan fingerprint density at radius 1 is 1.12 bits per heavy atom. The standard InChI is InChI=1S/C16H29N3O6S/c1-2-3-4-5-6-7-8-9-10-26(24,25)18-17-12-14(20)13-11-15(21)19(23)16(13)22/h13,17-18,23H,2-12H2,1H3. The predicted molar refractivity (Wildman–Crippen MR) is 94.3 cm³/mol. The molecule has 0 aliphatic carbocycles. The first kappa shape index (κ1) is 22.7. The number of nitrogens with one attached hydrogen (secondary N) is 2. The van der Waals surface area contributed by atoms with Gasteiger partial charge in [-0.05, 0) is 6.42 Å². The van der Waals surface area contributed by atoms with Crippen LogP contribution in [0.3, 0.4) is 0 Å². The number of carbonyl (C=O) groups excluding carboxylic acids is 3. The first-order valence-electron chi connectivity index (χ1n) is 9.09. The van der Waals surface area contributed by atoms with Gasteiger partial charge >= 0.3 is 0 Å². The highest BCUT2D eigenvalue weighted by Gasteiger charge is 2.42. The minimum absolute atomic E-state index is 0.0472. The molecule has 1 saturated heterocycles. The van der Waals surface area contributed by atoms with Gasteiger partial charge in [0.15, 0.2) is 5.78 Å². The first-order chi connectivity index (χ1) is 12.3. The normalized spacial score (nSPS) is 17.9. The zero-order valence-corrected chi connectivity index (χ0v) is 16.0. The molecule has 1 heterocycles. The lowest BCUT2D eigenvalue weighted by atomic mass is 10.0. The number of imide groups is 1. The molecule has 0 radical (unpaired) electrons. The van der Waals surface area contributed by atoms with Crippen molar-refractivity contribution >= 4 is 27.6 Å². The van der Waals surface area contributed by atoms with E-state index in [0.717, 1.165) is 19.3 Å². The molecule has 0 aromatic carbocycles. The summed E-state index contributed by atoms with van der Waals surface area (Å²) in [5.74, 6) is -3.80. The van der Waals surface area contributed by atoms with Crippen LogP contribution in [0.25, 0.3) is 0 Å². The highest BCUT2D eigenvalue weighted by Crippen LogP contribution is 2.18. The van der Waals surface area contributed by atoms with Crippen molar-refractivity contribution in [3.8, 4) is 0 Å². The SMILES string of the molecule is CCCCCCCCCCS(=O)(=O)NNCC(=O)C1CC(=O)N(O)C1=O. The largest absolute Gasteiger partial charge is 0.297 e. The Hall–Kier alpha value is -1.36. The molecule has 150 valence electrons. The topological polar surface area (TPSA) is 133 Å². The molecule has 9 nitrogen and oxygen atoms in total. The van der Waals surface area contributed by atoms with Crippen LogP contribution in [0.2, 0.25) is 0 Å². The van der Waals surface area contributed by atoms with Gasteiger partial charge in [-0.2, -0.15) is 9.89 Å². The number of unbranched alkanes of at least 4 members (excludes halogenated alkanes) is 7. The van der Waals surface area contributed by atoms with Crippen LogP contribution in [0.1, 0.15) is 64.7 Å². The molecule has 1 aliphatic rings. The molecular formula is C16H29N3O6S. The van der Waals surface area contributed by atoms with E-state index in [1.165, 1.54) is 25.7 Å². The van der Waals surface area contributed by atoms with Crippen molar-refractivity contribution in [3.05, 3.63) is 0 Å². The Morgan fingerprint density at radius 2 is 1.69 bits per heavy atom. The number of Topliss-reactive ketones (excluding diaryl/α,β-unsaturated/α-hetero) is 1. The highest BCUT2D eigenvalue weighted by molar-refractivity contribution is 7.89. The van der Waals surface area contributed by atoms with Crippen LogP contribution in [0.4, 0.5) is 0 Å². The number of hydrazine groups is 1. The summed E-state index contributed by atoms with van der Waals surface area (Å²) in [7, 11) is -3.56. The average molecular weight is 391 g/mol. The molecule has 0 spiro atoms. The molecule has 1 atom stereocenters. The van der Waals surface area contributed by atoms with Crippen molar-refractivity contribution in [2.24, 2.45) is 5.92 Å². The summed E-state index contributed by atoms with van der Waals surface area (Å²) in [5, 5.41) is 9.02. The van der Waals surface area contributed by atoms with Gasteiger partial charge in [-0.15, -0.1) is 0 Å². The van der Waals surface area contributed by atoms with Crippen molar-refractivity contribution < 1.29 is 28.0 Å². The molecule has 10 heteroatoms. The maximum absolute atomic E-state index is 11.8. The molecule has 2 amide bonds. The lowest BCUT2D eigenvalue weighted by Gasteiger charge is -2.10. The summed E-state index contributed by atoms with van der Waals surface area (Å²) in [6, 6.07) is 0. The summed E-state index contributed by atoms with van der Waals surface area (Å²) in [4.78, 5) is 36.5. The molecule has 3 N–H and O–H groups in total. The van der Waals surface area contributed by atoms with Crippen molar-refractivity contribution in [2.75, 3.05) is 12.3 Å². The minimum Gasteiger partial charge on any atom is -0.297 e. The summed E-state index contributed by atoms with van der Waals surface area (Å²) < 4.78 is 23.6. The number of hydrogen-bond donors (Lipinski definition) is 3. The predicted octanol–water partition coefficient (Wildman–Crippen LogP) is 0.885. The fraction of sp³-hybridized carbons (Fsp3) is 0.812. The van der Waals surface area contributed by atoms with Crippen molar-refractivity contribution in [1.29, 1.82) is 0 Å². The van der Waals surface area contributed by atoms with Gasteiger partial charge in [-0.1, -0.05) is 51.9 Å². The first-order valence-corrected chi connectivity index (χ1v) is 10.7. The van der Waals surface area contributed by atoms with Crippen LogP contribution in [0, 0.1) is 5.92 Å². The second-order valence-corrected chi connectivity index (χ2v) is 8.36. The minimum atomic E-state index is -3.56. The van der Waals surface area contributed by atoms with Crippen LogP contribution >= 0.6 is 0 Å². The molecule has 0 bridgehead atoms. The summed E-state index contributed by atoms with van der Waals surface area (Å²) in [6.07, 6.45) is 7.90. The number of carbonyl (C=O) groups is 3. The number of hydroxylamine groups is 2. The van der Waals surface area contributed by atoms with E-state index in [4.69, 9.17) is 5.21 Å². The van der Waals surface area contributed by atoms with Gasteiger partial charge in [-0.25, -0.2) is 13.8 Å². The third kappa shape index (κ3) is 7.90.